The van der Waals surface area contributed by atoms with Crippen LogP contribution in [0.25, 0.3) is 0 Å². The number of hydrogen-bond donors (Lipinski definition) is 1. The summed E-state index contributed by atoms with van der Waals surface area (Å²) in [6.45, 7) is 1.83. The van der Waals surface area contributed by atoms with E-state index in [4.69, 9.17) is 11.6 Å². The maximum absolute atomic E-state index is 12.4. The lowest BCUT2D eigenvalue weighted by Crippen LogP contribution is -2.38. The number of sulfonamides is 1. The van der Waals surface area contributed by atoms with E-state index in [1.54, 1.807) is 18.2 Å². The minimum absolute atomic E-state index is 0.0745. The summed E-state index contributed by atoms with van der Waals surface area (Å²) in [6, 6.07) is 11.2. The minimum Gasteiger partial charge on any atom is -0.273 e. The first-order chi connectivity index (χ1) is 12.3. The van der Waals surface area contributed by atoms with E-state index >= 15 is 0 Å². The van der Waals surface area contributed by atoms with Crippen LogP contribution in [0, 0.1) is 0 Å². The molecule has 0 aliphatic carbocycles. The number of nitrogens with one attached hydrogen (secondary N) is 1. The van der Waals surface area contributed by atoms with Gasteiger partial charge in [-0.1, -0.05) is 36.7 Å². The van der Waals surface area contributed by atoms with Crippen molar-refractivity contribution in [2.24, 2.45) is 0 Å². The summed E-state index contributed by atoms with van der Waals surface area (Å²) in [5, 5.41) is 0.208. The highest BCUT2D eigenvalue weighted by atomic mass is 35.5. The van der Waals surface area contributed by atoms with Crippen molar-refractivity contribution in [3.63, 3.8) is 0 Å². The van der Waals surface area contributed by atoms with Crippen LogP contribution in [0.1, 0.15) is 33.2 Å². The van der Waals surface area contributed by atoms with Crippen molar-refractivity contribution in [2.75, 3.05) is 13.1 Å². The van der Waals surface area contributed by atoms with Crippen LogP contribution in [0.15, 0.2) is 47.4 Å². The van der Waals surface area contributed by atoms with Gasteiger partial charge in [0.05, 0.1) is 21.0 Å². The molecule has 0 fully saturated rings. The smallest absolute Gasteiger partial charge is 0.263 e. The first-order valence-electron chi connectivity index (χ1n) is 8.08. The molecule has 0 radical (unpaired) electrons. The largest absolute Gasteiger partial charge is 0.273 e. The van der Waals surface area contributed by atoms with Gasteiger partial charge in [-0.05, 0) is 36.2 Å². The average molecular weight is 393 g/mol. The van der Waals surface area contributed by atoms with Crippen LogP contribution < -0.4 is 4.72 Å². The van der Waals surface area contributed by atoms with Crippen LogP contribution in [0.2, 0.25) is 5.02 Å². The molecule has 0 spiro atoms. The van der Waals surface area contributed by atoms with Crippen LogP contribution >= 0.6 is 11.6 Å². The lowest BCUT2D eigenvalue weighted by atomic mass is 10.1. The van der Waals surface area contributed by atoms with Gasteiger partial charge in [0.25, 0.3) is 11.8 Å². The summed E-state index contributed by atoms with van der Waals surface area (Å²) < 4.78 is 27.1. The van der Waals surface area contributed by atoms with Gasteiger partial charge in [0, 0.05) is 13.1 Å². The zero-order valence-electron chi connectivity index (χ0n) is 14.0. The van der Waals surface area contributed by atoms with Crippen LogP contribution in [-0.2, 0) is 16.4 Å². The summed E-state index contributed by atoms with van der Waals surface area (Å²) in [5.74, 6) is -0.985. The second-order valence-electron chi connectivity index (χ2n) is 5.82. The summed E-state index contributed by atoms with van der Waals surface area (Å²) in [7, 11) is -3.71. The van der Waals surface area contributed by atoms with Gasteiger partial charge in [0.2, 0.25) is 10.0 Å². The molecule has 26 heavy (non-hydrogen) atoms. The standard InChI is InChI=1S/C18H17ClN2O4S/c1-2-12-6-8-13(9-7-12)26(24,25)20-10-11-21-17(22)14-4-3-5-15(19)16(14)18(21)23/h3-9,20H,2,10-11H2,1H3. The Morgan fingerprint density at radius 2 is 1.73 bits per heavy atom. The van der Waals surface area contributed by atoms with Gasteiger partial charge in [-0.3, -0.25) is 14.5 Å². The maximum atomic E-state index is 12.4. The highest BCUT2D eigenvalue weighted by Gasteiger charge is 2.36. The number of imide groups is 1. The molecule has 1 aliphatic heterocycles. The Hall–Kier alpha value is -2.22. The van der Waals surface area contributed by atoms with Crippen LogP contribution in [0.3, 0.4) is 0 Å². The lowest BCUT2D eigenvalue weighted by Gasteiger charge is -2.14. The molecule has 2 aromatic rings. The molecule has 0 atom stereocenters. The van der Waals surface area contributed by atoms with E-state index in [1.807, 2.05) is 6.92 Å². The number of carbonyl (C=O) groups excluding carboxylic acids is 2. The normalized spacial score (nSPS) is 14.0. The number of aryl methyl sites for hydroxylation is 1. The molecule has 2 amide bonds. The fourth-order valence-corrected chi connectivity index (χ4v) is 4.05. The van der Waals surface area contributed by atoms with E-state index in [2.05, 4.69) is 4.72 Å². The molecule has 1 aliphatic rings. The summed E-state index contributed by atoms with van der Waals surface area (Å²) >= 11 is 6.00. The molecule has 0 bridgehead atoms. The highest BCUT2D eigenvalue weighted by molar-refractivity contribution is 7.89. The molecule has 0 unspecified atom stereocenters. The van der Waals surface area contributed by atoms with Crippen LogP contribution in [0.5, 0.6) is 0 Å². The van der Waals surface area contributed by atoms with Crippen molar-refractivity contribution in [2.45, 2.75) is 18.2 Å². The molecule has 1 N–H and O–H groups in total. The second kappa shape index (κ2) is 7.19. The lowest BCUT2D eigenvalue weighted by molar-refractivity contribution is 0.0657. The highest BCUT2D eigenvalue weighted by Crippen LogP contribution is 2.28. The predicted molar refractivity (Wildman–Crippen MR) is 97.8 cm³/mol. The third-order valence-electron chi connectivity index (χ3n) is 4.22. The van der Waals surface area contributed by atoms with E-state index in [9.17, 15) is 18.0 Å². The maximum Gasteiger partial charge on any atom is 0.263 e. The Kier molecular flexibility index (Phi) is 5.13. The molecular weight excluding hydrogens is 376 g/mol. The number of amides is 2. The first kappa shape index (κ1) is 18.6. The van der Waals surface area contributed by atoms with E-state index in [0.717, 1.165) is 16.9 Å². The van der Waals surface area contributed by atoms with Crippen molar-refractivity contribution in [3.8, 4) is 0 Å². The Bertz CT molecular complexity index is 971. The Morgan fingerprint density at radius 3 is 2.35 bits per heavy atom. The van der Waals surface area contributed by atoms with Crippen LogP contribution in [-0.4, -0.2) is 38.2 Å². The molecule has 136 valence electrons. The van der Waals surface area contributed by atoms with Gasteiger partial charge in [-0.2, -0.15) is 0 Å². The van der Waals surface area contributed by atoms with Gasteiger partial charge >= 0.3 is 0 Å². The second-order valence-corrected chi connectivity index (χ2v) is 7.99. The topological polar surface area (TPSA) is 83.6 Å². The third kappa shape index (κ3) is 3.38. The molecule has 1 heterocycles. The van der Waals surface area contributed by atoms with E-state index < -0.39 is 21.8 Å². The monoisotopic (exact) mass is 392 g/mol. The SMILES string of the molecule is CCc1ccc(S(=O)(=O)NCCN2C(=O)c3cccc(Cl)c3C2=O)cc1. The number of halogens is 1. The fourth-order valence-electron chi connectivity index (χ4n) is 2.77. The number of carbonyl (C=O) groups is 2. The van der Waals surface area contributed by atoms with Crippen molar-refractivity contribution in [3.05, 3.63) is 64.2 Å². The molecule has 6 nitrogen and oxygen atoms in total. The van der Waals surface area contributed by atoms with Gasteiger partial charge in [0.1, 0.15) is 0 Å². The molecule has 2 aromatic carbocycles. The molecule has 0 saturated carbocycles. The Morgan fingerprint density at radius 1 is 1.04 bits per heavy atom. The molecule has 3 rings (SSSR count). The summed E-state index contributed by atoms with van der Waals surface area (Å²) in [4.78, 5) is 25.8. The van der Waals surface area contributed by atoms with Crippen LogP contribution in [0.4, 0.5) is 0 Å². The van der Waals surface area contributed by atoms with Crippen molar-refractivity contribution < 1.29 is 18.0 Å². The Balaban J connectivity index is 1.67. The van der Waals surface area contributed by atoms with Crippen molar-refractivity contribution in [1.29, 1.82) is 0 Å². The zero-order chi connectivity index (χ0) is 18.9. The third-order valence-corrected chi connectivity index (χ3v) is 6.01. The van der Waals surface area contributed by atoms with E-state index in [1.165, 1.54) is 24.3 Å². The number of fused-ring (bicyclic) bond motifs is 1. The molecule has 8 heteroatoms. The number of benzene rings is 2. The predicted octanol–water partition coefficient (Wildman–Crippen LogP) is 2.48. The Labute approximate surface area is 156 Å². The number of nitrogens with zero attached hydrogens (tertiary/aromatic N) is 1. The van der Waals surface area contributed by atoms with Gasteiger partial charge in [-0.15, -0.1) is 0 Å². The van der Waals surface area contributed by atoms with E-state index in [0.29, 0.717) is 0 Å². The van der Waals surface area contributed by atoms with Gasteiger partial charge < -0.3 is 0 Å². The van der Waals surface area contributed by atoms with Gasteiger partial charge in [-0.25, -0.2) is 13.1 Å². The van der Waals surface area contributed by atoms with E-state index in [-0.39, 0.29) is 34.1 Å². The molecule has 0 saturated heterocycles. The fraction of sp³-hybridized carbons (Fsp3) is 0.222. The van der Waals surface area contributed by atoms with Crippen molar-refractivity contribution in [1.82, 2.24) is 9.62 Å². The number of rotatable bonds is 6. The molecule has 0 aromatic heterocycles. The minimum atomic E-state index is -3.71. The average Bonchev–Trinajstić information content (AvgIpc) is 2.87. The summed E-state index contributed by atoms with van der Waals surface area (Å²) in [6.07, 6.45) is 0.816. The van der Waals surface area contributed by atoms with Crippen molar-refractivity contribution >= 4 is 33.4 Å². The molecular formula is C18H17ClN2O4S. The first-order valence-corrected chi connectivity index (χ1v) is 9.94. The zero-order valence-corrected chi connectivity index (χ0v) is 15.6. The summed E-state index contributed by atoms with van der Waals surface area (Å²) in [5.41, 5.74) is 1.43. The van der Waals surface area contributed by atoms with Gasteiger partial charge in [0.15, 0.2) is 0 Å². The quantitative estimate of drug-likeness (QED) is 0.765. The number of hydrogen-bond acceptors (Lipinski definition) is 4.